The lowest BCUT2D eigenvalue weighted by Crippen LogP contribution is -2.27. The van der Waals surface area contributed by atoms with Gasteiger partial charge in [0, 0.05) is 0 Å². The van der Waals surface area contributed by atoms with E-state index < -0.39 is 0 Å². The van der Waals surface area contributed by atoms with Crippen molar-refractivity contribution in [1.29, 1.82) is 5.26 Å². The molecule has 0 spiro atoms. The lowest BCUT2D eigenvalue weighted by molar-refractivity contribution is -0.123. The van der Waals surface area contributed by atoms with Gasteiger partial charge in [-0.3, -0.25) is 14.5 Å². The number of fused-ring (bicyclic) bond motifs is 1. The average Bonchev–Trinajstić information content (AvgIpc) is 3.00. The Hall–Kier alpha value is -3.56. The van der Waals surface area contributed by atoms with Gasteiger partial charge < -0.3 is 4.74 Å². The predicted molar refractivity (Wildman–Crippen MR) is 113 cm³/mol. The molecule has 2 amide bonds. The lowest BCUT2D eigenvalue weighted by atomic mass is 10.0. The smallest absolute Gasteiger partial charge is 0.293 e. The van der Waals surface area contributed by atoms with Gasteiger partial charge in [0.15, 0.2) is 6.61 Å². The highest BCUT2D eigenvalue weighted by atomic mass is 32.2. The molecule has 0 radical (unpaired) electrons. The summed E-state index contributed by atoms with van der Waals surface area (Å²) in [5, 5.41) is 10.4. The molecule has 0 aromatic heterocycles. The zero-order valence-corrected chi connectivity index (χ0v) is 16.2. The topological polar surface area (TPSA) is 70.4 Å². The molecular formula is C23H16N2O3S. The number of ether oxygens (including phenoxy) is 1. The maximum atomic E-state index is 12.9. The van der Waals surface area contributed by atoms with Crippen LogP contribution in [0.15, 0.2) is 71.6 Å². The van der Waals surface area contributed by atoms with E-state index in [0.717, 1.165) is 33.7 Å². The number of nitriles is 1. The number of thioether (sulfide) groups is 1. The second-order valence-electron chi connectivity index (χ2n) is 6.43. The van der Waals surface area contributed by atoms with E-state index in [9.17, 15) is 9.59 Å². The Morgan fingerprint density at radius 3 is 2.69 bits per heavy atom. The zero-order valence-electron chi connectivity index (χ0n) is 15.4. The first-order valence-corrected chi connectivity index (χ1v) is 9.79. The third-order valence-corrected chi connectivity index (χ3v) is 5.45. The molecule has 142 valence electrons. The molecule has 0 atom stereocenters. The van der Waals surface area contributed by atoms with Crippen molar-refractivity contribution in [3.05, 3.63) is 82.8 Å². The van der Waals surface area contributed by atoms with E-state index in [4.69, 9.17) is 10.00 Å². The molecule has 5 nitrogen and oxygen atoms in total. The number of carbonyl (C=O) groups is 2. The molecule has 1 saturated heterocycles. The summed E-state index contributed by atoms with van der Waals surface area (Å²) in [7, 11) is 0. The molecule has 3 aromatic rings. The van der Waals surface area contributed by atoms with Gasteiger partial charge in [0.25, 0.3) is 11.1 Å². The standard InChI is InChI=1S/C23H16N2O3S/c24-11-12-28-19-9-3-5-16(13-19)14-21-22(26)25(23(27)29-21)15-18-8-4-7-17-6-1-2-10-20(17)18/h1-10,13-14H,12,15H2/b21-14-. The SMILES string of the molecule is N#CCOc1cccc(/C=C2\SC(=O)N(Cc3cccc4ccccc34)C2=O)c1. The molecule has 6 heteroatoms. The Morgan fingerprint density at radius 2 is 1.83 bits per heavy atom. The first-order valence-electron chi connectivity index (χ1n) is 8.97. The van der Waals surface area contributed by atoms with Crippen LogP contribution in [0.4, 0.5) is 4.79 Å². The Balaban J connectivity index is 1.58. The van der Waals surface area contributed by atoms with Crippen molar-refractivity contribution in [2.45, 2.75) is 6.54 Å². The van der Waals surface area contributed by atoms with Crippen LogP contribution in [0.2, 0.25) is 0 Å². The van der Waals surface area contributed by atoms with Crippen LogP contribution in [0, 0.1) is 11.3 Å². The van der Waals surface area contributed by atoms with Crippen molar-refractivity contribution < 1.29 is 14.3 Å². The summed E-state index contributed by atoms with van der Waals surface area (Å²) >= 11 is 0.930. The summed E-state index contributed by atoms with van der Waals surface area (Å²) in [5.74, 6) is 0.228. The van der Waals surface area contributed by atoms with Crippen molar-refractivity contribution in [3.8, 4) is 11.8 Å². The Labute approximate surface area is 172 Å². The molecule has 29 heavy (non-hydrogen) atoms. The number of imide groups is 1. The molecule has 3 aromatic carbocycles. The van der Waals surface area contributed by atoms with Gasteiger partial charge in [-0.15, -0.1) is 0 Å². The summed E-state index contributed by atoms with van der Waals surface area (Å²) in [5.41, 5.74) is 1.66. The maximum absolute atomic E-state index is 12.9. The van der Waals surface area contributed by atoms with E-state index in [2.05, 4.69) is 0 Å². The molecule has 0 saturated carbocycles. The van der Waals surface area contributed by atoms with E-state index in [0.29, 0.717) is 10.7 Å². The predicted octanol–water partition coefficient (Wildman–Crippen LogP) is 4.98. The number of benzene rings is 3. The highest BCUT2D eigenvalue weighted by Crippen LogP contribution is 2.34. The Morgan fingerprint density at radius 1 is 1.03 bits per heavy atom. The molecule has 1 heterocycles. The molecule has 0 bridgehead atoms. The second kappa shape index (κ2) is 8.21. The second-order valence-corrected chi connectivity index (χ2v) is 7.42. The normalized spacial score (nSPS) is 15.1. The van der Waals surface area contributed by atoms with Gasteiger partial charge in [0.05, 0.1) is 11.4 Å². The molecule has 0 unspecified atom stereocenters. The summed E-state index contributed by atoms with van der Waals surface area (Å²) < 4.78 is 5.29. The van der Waals surface area contributed by atoms with Crippen molar-refractivity contribution in [1.82, 2.24) is 4.90 Å². The van der Waals surface area contributed by atoms with Crippen molar-refractivity contribution in [2.24, 2.45) is 0 Å². The molecule has 1 aliphatic heterocycles. The maximum Gasteiger partial charge on any atom is 0.293 e. The number of hydrogen-bond donors (Lipinski definition) is 0. The highest BCUT2D eigenvalue weighted by Gasteiger charge is 2.35. The summed E-state index contributed by atoms with van der Waals surface area (Å²) in [4.78, 5) is 27.0. The fourth-order valence-electron chi connectivity index (χ4n) is 3.20. The van der Waals surface area contributed by atoms with Crippen molar-refractivity contribution >= 4 is 39.8 Å². The third-order valence-electron chi connectivity index (χ3n) is 4.54. The minimum atomic E-state index is -0.309. The number of hydrogen-bond acceptors (Lipinski definition) is 5. The van der Waals surface area contributed by atoms with Crippen LogP contribution < -0.4 is 4.74 Å². The summed E-state index contributed by atoms with van der Waals surface area (Å²) in [6.45, 7) is 0.180. The number of amides is 2. The molecule has 0 aliphatic carbocycles. The first-order chi connectivity index (χ1) is 14.2. The molecule has 1 aliphatic rings. The zero-order chi connectivity index (χ0) is 20.2. The molecule has 1 fully saturated rings. The Bertz CT molecular complexity index is 1170. The fourth-order valence-corrected chi connectivity index (χ4v) is 4.04. The van der Waals surface area contributed by atoms with E-state index >= 15 is 0 Å². The average molecular weight is 400 g/mol. The van der Waals surface area contributed by atoms with Crippen LogP contribution in [0.1, 0.15) is 11.1 Å². The van der Waals surface area contributed by atoms with Crippen LogP contribution in [-0.2, 0) is 11.3 Å². The fraction of sp³-hybridized carbons (Fsp3) is 0.0870. The largest absolute Gasteiger partial charge is 0.479 e. The lowest BCUT2D eigenvalue weighted by Gasteiger charge is -2.14. The Kier molecular flexibility index (Phi) is 5.32. The summed E-state index contributed by atoms with van der Waals surface area (Å²) in [6, 6.07) is 22.8. The van der Waals surface area contributed by atoms with Gasteiger partial charge in [0.2, 0.25) is 0 Å². The number of rotatable bonds is 5. The quantitative estimate of drug-likeness (QED) is 0.565. The van der Waals surface area contributed by atoms with E-state index in [1.54, 1.807) is 24.3 Å². The highest BCUT2D eigenvalue weighted by molar-refractivity contribution is 8.18. The first kappa shape index (κ1) is 18.8. The van der Waals surface area contributed by atoms with Gasteiger partial charge in [-0.1, -0.05) is 54.6 Å². The van der Waals surface area contributed by atoms with Gasteiger partial charge in [-0.05, 0) is 51.9 Å². The van der Waals surface area contributed by atoms with Gasteiger partial charge in [-0.2, -0.15) is 5.26 Å². The summed E-state index contributed by atoms with van der Waals surface area (Å²) in [6.07, 6.45) is 1.67. The van der Waals surface area contributed by atoms with Crippen LogP contribution in [0.25, 0.3) is 16.8 Å². The minimum Gasteiger partial charge on any atom is -0.479 e. The van der Waals surface area contributed by atoms with Crippen LogP contribution in [0.3, 0.4) is 0 Å². The van der Waals surface area contributed by atoms with E-state index in [-0.39, 0.29) is 24.3 Å². The number of nitrogens with zero attached hydrogens (tertiary/aromatic N) is 2. The molecule has 4 rings (SSSR count). The van der Waals surface area contributed by atoms with Crippen molar-refractivity contribution in [3.63, 3.8) is 0 Å². The van der Waals surface area contributed by atoms with Crippen LogP contribution in [0.5, 0.6) is 5.75 Å². The van der Waals surface area contributed by atoms with Crippen LogP contribution in [-0.4, -0.2) is 22.7 Å². The third kappa shape index (κ3) is 4.00. The number of carbonyl (C=O) groups excluding carboxylic acids is 2. The van der Waals surface area contributed by atoms with Gasteiger partial charge >= 0.3 is 0 Å². The minimum absolute atomic E-state index is 0.0506. The van der Waals surface area contributed by atoms with Crippen molar-refractivity contribution in [2.75, 3.05) is 6.61 Å². The van der Waals surface area contributed by atoms with Gasteiger partial charge in [-0.25, -0.2) is 0 Å². The monoisotopic (exact) mass is 400 g/mol. The van der Waals surface area contributed by atoms with Gasteiger partial charge in [0.1, 0.15) is 11.8 Å². The molecule has 0 N–H and O–H groups in total. The van der Waals surface area contributed by atoms with E-state index in [1.165, 1.54) is 4.90 Å². The molecular weight excluding hydrogens is 384 g/mol. The van der Waals surface area contributed by atoms with E-state index in [1.807, 2.05) is 54.6 Å². The van der Waals surface area contributed by atoms with Crippen LogP contribution >= 0.6 is 11.8 Å².